The average Bonchev–Trinajstić information content (AvgIpc) is 2.34. The molecule has 1 fully saturated rings. The maximum absolute atomic E-state index is 6.00. The molecule has 0 amide bonds. The van der Waals surface area contributed by atoms with Gasteiger partial charge in [0.2, 0.25) is 0 Å². The van der Waals surface area contributed by atoms with E-state index in [4.69, 9.17) is 4.74 Å². The molecule has 1 atom stereocenters. The highest BCUT2D eigenvalue weighted by atomic mass is 16.5. The summed E-state index contributed by atoms with van der Waals surface area (Å²) in [4.78, 5) is 2.62. The number of rotatable bonds is 7. The Bertz CT molecular complexity index is 207. The second kappa shape index (κ2) is 8.16. The van der Waals surface area contributed by atoms with Crippen molar-refractivity contribution in [3.05, 3.63) is 0 Å². The van der Waals surface area contributed by atoms with Gasteiger partial charge in [-0.15, -0.1) is 0 Å². The van der Waals surface area contributed by atoms with Crippen LogP contribution in [0.3, 0.4) is 0 Å². The predicted octanol–water partition coefficient (Wildman–Crippen LogP) is 3.95. The summed E-state index contributed by atoms with van der Waals surface area (Å²) < 4.78 is 6.00. The summed E-state index contributed by atoms with van der Waals surface area (Å²) in [6.45, 7) is 15.0. The maximum atomic E-state index is 6.00. The summed E-state index contributed by atoms with van der Waals surface area (Å²) in [5, 5.41) is 0. The molecular weight excluding hydrogens is 222 g/mol. The average molecular weight is 255 g/mol. The van der Waals surface area contributed by atoms with Crippen molar-refractivity contribution in [2.45, 2.75) is 72.4 Å². The Morgan fingerprint density at radius 1 is 1.06 bits per heavy atom. The number of hydrogen-bond donors (Lipinski definition) is 0. The van der Waals surface area contributed by atoms with Crippen molar-refractivity contribution in [2.24, 2.45) is 11.8 Å². The third-order valence-electron chi connectivity index (χ3n) is 4.30. The third kappa shape index (κ3) is 5.71. The van der Waals surface area contributed by atoms with E-state index in [0.29, 0.717) is 12.1 Å². The lowest BCUT2D eigenvalue weighted by Crippen LogP contribution is -2.44. The zero-order valence-electron chi connectivity index (χ0n) is 13.1. The Balaban J connectivity index is 2.12. The number of nitrogens with zero attached hydrogens (tertiary/aromatic N) is 1. The molecule has 1 aliphatic heterocycles. The van der Waals surface area contributed by atoms with E-state index in [9.17, 15) is 0 Å². The van der Waals surface area contributed by atoms with Crippen LogP contribution in [0.5, 0.6) is 0 Å². The second-order valence-electron chi connectivity index (χ2n) is 6.63. The lowest BCUT2D eigenvalue weighted by molar-refractivity contribution is -0.00669. The molecule has 1 aliphatic rings. The van der Waals surface area contributed by atoms with Gasteiger partial charge in [0.15, 0.2) is 0 Å². The minimum Gasteiger partial charge on any atom is -0.378 e. The Morgan fingerprint density at radius 2 is 1.67 bits per heavy atom. The van der Waals surface area contributed by atoms with Crippen LogP contribution in [-0.2, 0) is 4.74 Å². The minimum absolute atomic E-state index is 0.521. The van der Waals surface area contributed by atoms with Gasteiger partial charge in [-0.3, -0.25) is 0 Å². The first kappa shape index (κ1) is 16.0. The molecule has 1 saturated heterocycles. The zero-order chi connectivity index (χ0) is 13.5. The fraction of sp³-hybridized carbons (Fsp3) is 1.00. The molecular formula is C16H33NO. The SMILES string of the molecule is CC(C)CCCOC1CCN([C@@H](C)C(C)C)CC1. The summed E-state index contributed by atoms with van der Waals surface area (Å²) in [6.07, 6.45) is 5.48. The smallest absolute Gasteiger partial charge is 0.0599 e. The van der Waals surface area contributed by atoms with Crippen LogP contribution < -0.4 is 0 Å². The van der Waals surface area contributed by atoms with Crippen LogP contribution in [0.2, 0.25) is 0 Å². The molecule has 0 aromatic rings. The molecule has 0 radical (unpaired) electrons. The van der Waals surface area contributed by atoms with Crippen LogP contribution in [0.25, 0.3) is 0 Å². The molecule has 0 aromatic carbocycles. The molecule has 0 spiro atoms. The van der Waals surface area contributed by atoms with Crippen LogP contribution in [0.15, 0.2) is 0 Å². The van der Waals surface area contributed by atoms with Crippen LogP contribution >= 0.6 is 0 Å². The molecule has 0 saturated carbocycles. The van der Waals surface area contributed by atoms with E-state index in [2.05, 4.69) is 39.5 Å². The molecule has 18 heavy (non-hydrogen) atoms. The van der Waals surface area contributed by atoms with Gasteiger partial charge < -0.3 is 9.64 Å². The molecule has 108 valence electrons. The highest BCUT2D eigenvalue weighted by molar-refractivity contribution is 4.78. The van der Waals surface area contributed by atoms with Gasteiger partial charge in [0.25, 0.3) is 0 Å². The van der Waals surface area contributed by atoms with E-state index in [1.165, 1.54) is 38.8 Å². The number of ether oxygens (including phenoxy) is 1. The minimum atomic E-state index is 0.521. The summed E-state index contributed by atoms with van der Waals surface area (Å²) in [5.74, 6) is 1.57. The molecule has 1 heterocycles. The topological polar surface area (TPSA) is 12.5 Å². The van der Waals surface area contributed by atoms with Crippen molar-refractivity contribution in [3.63, 3.8) is 0 Å². The summed E-state index contributed by atoms with van der Waals surface area (Å²) in [6, 6.07) is 0.715. The highest BCUT2D eigenvalue weighted by Crippen LogP contribution is 2.19. The van der Waals surface area contributed by atoms with Gasteiger partial charge in [-0.2, -0.15) is 0 Å². The molecule has 0 aliphatic carbocycles. The van der Waals surface area contributed by atoms with Crippen molar-refractivity contribution in [3.8, 4) is 0 Å². The van der Waals surface area contributed by atoms with Gasteiger partial charge in [-0.1, -0.05) is 27.7 Å². The predicted molar refractivity (Wildman–Crippen MR) is 78.9 cm³/mol. The highest BCUT2D eigenvalue weighted by Gasteiger charge is 2.24. The fourth-order valence-electron chi connectivity index (χ4n) is 2.61. The molecule has 0 N–H and O–H groups in total. The van der Waals surface area contributed by atoms with Crippen molar-refractivity contribution in [2.75, 3.05) is 19.7 Å². The monoisotopic (exact) mass is 255 g/mol. The first-order valence-corrected chi connectivity index (χ1v) is 7.86. The zero-order valence-corrected chi connectivity index (χ0v) is 13.1. The first-order valence-electron chi connectivity index (χ1n) is 7.86. The fourth-order valence-corrected chi connectivity index (χ4v) is 2.61. The standard InChI is InChI=1S/C16H33NO/c1-13(2)7-6-12-18-16-8-10-17(11-9-16)15(5)14(3)4/h13-16H,6-12H2,1-5H3/t15-/m0/s1. The summed E-state index contributed by atoms with van der Waals surface area (Å²) >= 11 is 0. The van der Waals surface area contributed by atoms with E-state index < -0.39 is 0 Å². The summed E-state index contributed by atoms with van der Waals surface area (Å²) in [5.41, 5.74) is 0. The Hall–Kier alpha value is -0.0800. The molecule has 1 rings (SSSR count). The van der Waals surface area contributed by atoms with Crippen LogP contribution in [0.1, 0.15) is 60.3 Å². The van der Waals surface area contributed by atoms with E-state index >= 15 is 0 Å². The van der Waals surface area contributed by atoms with E-state index in [0.717, 1.165) is 18.4 Å². The van der Waals surface area contributed by atoms with Crippen LogP contribution in [0.4, 0.5) is 0 Å². The van der Waals surface area contributed by atoms with Gasteiger partial charge in [0, 0.05) is 25.7 Å². The lowest BCUT2D eigenvalue weighted by atomic mass is 10.00. The molecule has 2 nitrogen and oxygen atoms in total. The molecule has 0 unspecified atom stereocenters. The van der Waals surface area contributed by atoms with Gasteiger partial charge in [0.1, 0.15) is 0 Å². The second-order valence-corrected chi connectivity index (χ2v) is 6.63. The maximum Gasteiger partial charge on any atom is 0.0599 e. The van der Waals surface area contributed by atoms with Crippen LogP contribution in [-0.4, -0.2) is 36.7 Å². The van der Waals surface area contributed by atoms with Crippen molar-refractivity contribution < 1.29 is 4.74 Å². The van der Waals surface area contributed by atoms with Crippen molar-refractivity contribution in [1.29, 1.82) is 0 Å². The Kier molecular flexibility index (Phi) is 7.25. The van der Waals surface area contributed by atoms with E-state index in [1.54, 1.807) is 0 Å². The lowest BCUT2D eigenvalue weighted by Gasteiger charge is -2.37. The van der Waals surface area contributed by atoms with E-state index in [-0.39, 0.29) is 0 Å². The quantitative estimate of drug-likeness (QED) is 0.639. The first-order chi connectivity index (χ1) is 8.50. The van der Waals surface area contributed by atoms with Crippen LogP contribution in [0, 0.1) is 11.8 Å². The Morgan fingerprint density at radius 3 is 2.17 bits per heavy atom. The number of hydrogen-bond acceptors (Lipinski definition) is 2. The van der Waals surface area contributed by atoms with Crippen molar-refractivity contribution in [1.82, 2.24) is 4.90 Å². The van der Waals surface area contributed by atoms with Gasteiger partial charge in [0.05, 0.1) is 6.10 Å². The molecule has 2 heteroatoms. The van der Waals surface area contributed by atoms with Gasteiger partial charge in [-0.25, -0.2) is 0 Å². The third-order valence-corrected chi connectivity index (χ3v) is 4.30. The van der Waals surface area contributed by atoms with Gasteiger partial charge >= 0.3 is 0 Å². The van der Waals surface area contributed by atoms with Crippen molar-refractivity contribution >= 4 is 0 Å². The normalized spacial score (nSPS) is 20.8. The number of piperidine rings is 1. The molecule has 0 bridgehead atoms. The molecule has 0 aromatic heterocycles. The largest absolute Gasteiger partial charge is 0.378 e. The number of likely N-dealkylation sites (tertiary alicyclic amines) is 1. The van der Waals surface area contributed by atoms with Gasteiger partial charge in [-0.05, 0) is 44.4 Å². The Labute approximate surface area is 114 Å². The van der Waals surface area contributed by atoms with E-state index in [1.807, 2.05) is 0 Å². The summed E-state index contributed by atoms with van der Waals surface area (Å²) in [7, 11) is 0.